The second kappa shape index (κ2) is 18.0. The number of sulfonamides is 1. The van der Waals surface area contributed by atoms with Crippen LogP contribution in [0.1, 0.15) is 124 Å². The van der Waals surface area contributed by atoms with Gasteiger partial charge in [-0.05, 0) is 74.8 Å². The molecule has 1 aromatic carbocycles. The molecule has 16 heteroatoms. The first-order valence-corrected chi connectivity index (χ1v) is 23.4. The van der Waals surface area contributed by atoms with Crippen molar-refractivity contribution in [1.29, 1.82) is 0 Å². The summed E-state index contributed by atoms with van der Waals surface area (Å²) in [6.07, 6.45) is 3.08. The molecule has 1 aliphatic heterocycles. The van der Waals surface area contributed by atoms with E-state index in [4.69, 9.17) is 24.2 Å². The molecule has 0 spiro atoms. The number of alkyl halides is 2. The number of hydrogen-bond acceptors (Lipinski definition) is 11. The topological polar surface area (TPSA) is 171 Å². The van der Waals surface area contributed by atoms with Gasteiger partial charge in [0, 0.05) is 24.3 Å². The molecule has 13 nitrogen and oxygen atoms in total. The summed E-state index contributed by atoms with van der Waals surface area (Å²) in [5.41, 5.74) is -0.994. The Kier molecular flexibility index (Phi) is 13.8. The zero-order valence-corrected chi connectivity index (χ0v) is 37.7. The van der Waals surface area contributed by atoms with Gasteiger partial charge in [-0.1, -0.05) is 66.7 Å². The fourth-order valence-electron chi connectivity index (χ4n) is 8.99. The third-order valence-electron chi connectivity index (χ3n) is 13.5. The molecule has 6 atom stereocenters. The van der Waals surface area contributed by atoms with Gasteiger partial charge in [0.05, 0.1) is 60.3 Å². The van der Waals surface area contributed by atoms with Crippen molar-refractivity contribution in [1.82, 2.24) is 19.6 Å². The van der Waals surface area contributed by atoms with Gasteiger partial charge in [0.15, 0.2) is 5.78 Å². The summed E-state index contributed by atoms with van der Waals surface area (Å²) in [6, 6.07) is 4.12. The maximum Gasteiger partial charge on any atom is 0.306 e. The van der Waals surface area contributed by atoms with Crippen molar-refractivity contribution in [3.8, 4) is 11.6 Å². The van der Waals surface area contributed by atoms with Crippen LogP contribution in [0, 0.1) is 40.4 Å². The summed E-state index contributed by atoms with van der Waals surface area (Å²) in [6.45, 7) is 10.7. The lowest BCUT2D eigenvalue weighted by atomic mass is 9.77. The summed E-state index contributed by atoms with van der Waals surface area (Å²) in [5, 5.41) is 0. The maximum absolute atomic E-state index is 15.0. The first kappa shape index (κ1) is 46.6. The Morgan fingerprint density at radius 1 is 1.02 bits per heavy atom. The molecule has 2 amide bonds. The van der Waals surface area contributed by atoms with Gasteiger partial charge in [-0.25, -0.2) is 27.2 Å². The number of Topliss-reactive ketones (excluding diaryl/α,β-unsaturated/α-hetero) is 1. The number of ketones is 1. The number of likely N-dealkylation sites (tertiary alicyclic amines) is 1. The molecule has 61 heavy (non-hydrogen) atoms. The lowest BCUT2D eigenvalue weighted by molar-refractivity contribution is -0.152. The van der Waals surface area contributed by atoms with Gasteiger partial charge in [0.1, 0.15) is 17.5 Å². The highest BCUT2D eigenvalue weighted by Gasteiger charge is 2.67. The van der Waals surface area contributed by atoms with E-state index in [1.54, 1.807) is 40.0 Å². The minimum Gasteiger partial charge on any atom is -0.497 e. The monoisotopic (exact) mass is 874 g/mol. The lowest BCUT2D eigenvalue weighted by Gasteiger charge is -2.35. The molecular formula is C45H64F2N4O9S. The Morgan fingerprint density at radius 3 is 2.30 bits per heavy atom. The quantitative estimate of drug-likeness (QED) is 0.0992. The fourth-order valence-corrected chi connectivity index (χ4v) is 10.3. The molecule has 1 saturated heterocycles. The van der Waals surface area contributed by atoms with E-state index in [-0.39, 0.29) is 24.8 Å². The van der Waals surface area contributed by atoms with E-state index in [9.17, 15) is 31.6 Å². The molecule has 6 rings (SSSR count). The number of carbonyl (C=O) groups excluding carboxylic acids is 4. The summed E-state index contributed by atoms with van der Waals surface area (Å²) in [7, 11) is -1.43. The predicted octanol–water partition coefficient (Wildman–Crippen LogP) is 7.23. The van der Waals surface area contributed by atoms with E-state index in [2.05, 4.69) is 4.72 Å². The van der Waals surface area contributed by atoms with Crippen molar-refractivity contribution in [2.24, 2.45) is 40.4 Å². The third kappa shape index (κ3) is 10.5. The van der Waals surface area contributed by atoms with E-state index in [1.165, 1.54) is 38.2 Å². The van der Waals surface area contributed by atoms with Gasteiger partial charge < -0.3 is 19.1 Å². The number of hydrogen-bond donors (Lipinski definition) is 1. The second-order valence-corrected chi connectivity index (χ2v) is 22.0. The molecule has 0 unspecified atom stereocenters. The van der Waals surface area contributed by atoms with E-state index in [1.807, 2.05) is 19.9 Å². The van der Waals surface area contributed by atoms with Crippen LogP contribution in [0.3, 0.4) is 0 Å². The molecule has 3 aliphatic carbocycles. The molecule has 0 radical (unpaired) electrons. The number of rotatable bonds is 21. The average Bonchev–Trinajstić information content (AvgIpc) is 4.12. The number of benzene rings is 1. The van der Waals surface area contributed by atoms with Gasteiger partial charge in [0.2, 0.25) is 34.1 Å². The van der Waals surface area contributed by atoms with Gasteiger partial charge in [-0.15, -0.1) is 0 Å². The van der Waals surface area contributed by atoms with Gasteiger partial charge in [-0.2, -0.15) is 0 Å². The van der Waals surface area contributed by atoms with Crippen molar-refractivity contribution >= 4 is 44.6 Å². The molecule has 3 saturated carbocycles. The van der Waals surface area contributed by atoms with Crippen LogP contribution in [-0.4, -0.2) is 90.9 Å². The number of methoxy groups -OCH3 is 2. The summed E-state index contributed by atoms with van der Waals surface area (Å²) < 4.78 is 73.5. The molecule has 1 N–H and O–H groups in total. The van der Waals surface area contributed by atoms with Crippen molar-refractivity contribution < 1.29 is 50.6 Å². The van der Waals surface area contributed by atoms with Crippen LogP contribution in [0.4, 0.5) is 8.78 Å². The van der Waals surface area contributed by atoms with Crippen LogP contribution in [0.2, 0.25) is 0 Å². The Bertz CT molecular complexity index is 2080. The number of nitrogens with one attached hydrogen (secondary N) is 1. The van der Waals surface area contributed by atoms with Crippen molar-refractivity contribution in [2.75, 3.05) is 20.8 Å². The highest BCUT2D eigenvalue weighted by atomic mass is 32.2. The summed E-state index contributed by atoms with van der Waals surface area (Å²) in [4.78, 5) is 67.9. The molecule has 2 heterocycles. The predicted molar refractivity (Wildman–Crippen MR) is 224 cm³/mol. The second-order valence-electron chi connectivity index (χ2n) is 19.8. The highest BCUT2D eigenvalue weighted by Crippen LogP contribution is 2.59. The number of amides is 2. The number of unbranched alkanes of at least 4 members (excludes halogenated alkanes) is 2. The van der Waals surface area contributed by atoms with Crippen LogP contribution >= 0.6 is 0 Å². The lowest BCUT2D eigenvalue weighted by Crippen LogP contribution is -2.50. The number of ether oxygens (including phenoxy) is 3. The molecule has 4 fully saturated rings. The SMILES string of the molecule is COC(=O)C[C@H](C(=O)N1C[C@H](Oc2nc3cc(OC)ccc3nc2CCCCCC2CC2)[C@@H](CC(C)C)[C@H]1C(=O)C[C@]1(C(=O)NS(=O)(=O)C2(C)CC2)C[C@H]1C(F)F)C(C)(C)C. The number of fused-ring (bicyclic) bond motifs is 1. The van der Waals surface area contributed by atoms with Crippen molar-refractivity contribution in [3.05, 3.63) is 23.9 Å². The maximum atomic E-state index is 15.0. The van der Waals surface area contributed by atoms with Gasteiger partial charge in [0.25, 0.3) is 0 Å². The van der Waals surface area contributed by atoms with E-state index in [0.717, 1.165) is 25.2 Å². The minimum absolute atomic E-state index is 0.0377. The molecule has 1 aromatic heterocycles. The molecule has 4 aliphatic rings. The Hall–Kier alpha value is -3.95. The Morgan fingerprint density at radius 2 is 1.72 bits per heavy atom. The Labute approximate surface area is 358 Å². The molecule has 338 valence electrons. The number of carbonyl (C=O) groups is 4. The normalized spacial score (nSPS) is 25.1. The minimum atomic E-state index is -4.21. The van der Waals surface area contributed by atoms with Crippen LogP contribution < -0.4 is 14.2 Å². The van der Waals surface area contributed by atoms with Crippen LogP contribution in [-0.2, 0) is 40.4 Å². The van der Waals surface area contributed by atoms with E-state index >= 15 is 4.79 Å². The standard InChI is InChI=1S/C45H64F2N4O9S/c1-26(2)20-29-36(60-40-33(13-11-9-10-12-27-14-15-27)48-32-17-16-28(58-7)21-34(32)49-40)25-51(41(54)30(43(3,4)5)22-37(53)59-8)38(29)35(52)24-45(23-31(45)39(46)47)42(55)50-61(56,57)44(6)18-19-44/h16-17,21,26-27,29-31,36,38-39H,9-15,18-20,22-25H2,1-8H3,(H,50,55)/t29-,30-,31+,36+,38+,45-/m1/s1. The molecule has 0 bridgehead atoms. The van der Waals surface area contributed by atoms with Crippen LogP contribution in [0.15, 0.2) is 18.2 Å². The zero-order valence-electron chi connectivity index (χ0n) is 36.9. The van der Waals surface area contributed by atoms with Crippen molar-refractivity contribution in [3.63, 3.8) is 0 Å². The first-order chi connectivity index (χ1) is 28.6. The summed E-state index contributed by atoms with van der Waals surface area (Å²) in [5.74, 6) is -4.55. The molecule has 2 aromatic rings. The molecular weight excluding hydrogens is 811 g/mol. The summed E-state index contributed by atoms with van der Waals surface area (Å²) >= 11 is 0. The number of halogens is 2. The van der Waals surface area contributed by atoms with Crippen LogP contribution in [0.25, 0.3) is 11.0 Å². The first-order valence-electron chi connectivity index (χ1n) is 21.9. The smallest absolute Gasteiger partial charge is 0.306 e. The number of nitrogens with zero attached hydrogens (tertiary/aromatic N) is 3. The number of esters is 1. The van der Waals surface area contributed by atoms with E-state index in [0.29, 0.717) is 48.2 Å². The Balaban J connectivity index is 1.38. The highest BCUT2D eigenvalue weighted by molar-refractivity contribution is 7.91. The fraction of sp³-hybridized carbons (Fsp3) is 0.733. The number of aromatic nitrogens is 2. The van der Waals surface area contributed by atoms with E-state index < -0.39 is 98.3 Å². The third-order valence-corrected chi connectivity index (χ3v) is 15.7. The van der Waals surface area contributed by atoms with Crippen LogP contribution in [0.5, 0.6) is 11.6 Å². The van der Waals surface area contributed by atoms with Gasteiger partial charge >= 0.3 is 5.97 Å². The zero-order chi connectivity index (χ0) is 44.7. The average molecular weight is 875 g/mol. The largest absolute Gasteiger partial charge is 0.497 e. The van der Waals surface area contributed by atoms with Gasteiger partial charge in [-0.3, -0.25) is 23.9 Å². The number of aryl methyl sites for hydroxylation is 1. The van der Waals surface area contributed by atoms with Crippen molar-refractivity contribution in [2.45, 2.75) is 148 Å².